The maximum atomic E-state index is 14.8. The smallest absolute Gasteiger partial charge is 0.144 e. The molecule has 158 valence electrons. The number of aliphatic hydroxyl groups excluding tert-OH is 2. The third kappa shape index (κ3) is 3.76. The molecule has 0 unspecified atom stereocenters. The molecule has 0 aliphatic heterocycles. The Kier molecular flexibility index (Phi) is 5.30. The van der Waals surface area contributed by atoms with E-state index in [1.54, 1.807) is 6.07 Å². The van der Waals surface area contributed by atoms with Gasteiger partial charge in [-0.25, -0.2) is 14.4 Å². The first-order chi connectivity index (χ1) is 15.1. The molecule has 0 bridgehead atoms. The highest BCUT2D eigenvalue weighted by Crippen LogP contribution is 2.53. The van der Waals surface area contributed by atoms with Crippen molar-refractivity contribution in [1.82, 2.24) is 9.97 Å². The Morgan fingerprint density at radius 3 is 2.42 bits per heavy atom. The Balaban J connectivity index is 1.46. The lowest BCUT2D eigenvalue weighted by atomic mass is 9.92. The van der Waals surface area contributed by atoms with Gasteiger partial charge in [0.1, 0.15) is 21.2 Å². The number of hydrogen-bond acceptors (Lipinski definition) is 5. The van der Waals surface area contributed by atoms with Gasteiger partial charge in [0.2, 0.25) is 0 Å². The summed E-state index contributed by atoms with van der Waals surface area (Å²) in [7, 11) is 0. The normalized spacial score (nSPS) is 15.0. The predicted molar refractivity (Wildman–Crippen MR) is 121 cm³/mol. The summed E-state index contributed by atoms with van der Waals surface area (Å²) in [4.78, 5) is 10.4. The predicted octanol–water partition coefficient (Wildman–Crippen LogP) is 4.72. The first kappa shape index (κ1) is 20.2. The fourth-order valence-corrected chi connectivity index (χ4v) is 5.12. The van der Waals surface area contributed by atoms with Crippen LogP contribution < -0.4 is 0 Å². The number of benzene rings is 2. The molecule has 2 aromatic heterocycles. The van der Waals surface area contributed by atoms with E-state index in [2.05, 4.69) is 35.3 Å². The second-order valence-corrected chi connectivity index (χ2v) is 9.21. The van der Waals surface area contributed by atoms with Crippen molar-refractivity contribution in [1.29, 1.82) is 0 Å². The van der Waals surface area contributed by atoms with Crippen LogP contribution in [0.5, 0.6) is 0 Å². The van der Waals surface area contributed by atoms with Gasteiger partial charge >= 0.3 is 0 Å². The number of hydrogen-bond donors (Lipinski definition) is 2. The van der Waals surface area contributed by atoms with E-state index in [1.807, 2.05) is 18.2 Å². The van der Waals surface area contributed by atoms with Crippen molar-refractivity contribution in [3.8, 4) is 10.6 Å². The van der Waals surface area contributed by atoms with E-state index in [9.17, 15) is 14.6 Å². The van der Waals surface area contributed by atoms with E-state index in [0.29, 0.717) is 17.0 Å². The lowest BCUT2D eigenvalue weighted by Crippen LogP contribution is -2.14. The van der Waals surface area contributed by atoms with Crippen molar-refractivity contribution in [3.05, 3.63) is 83.3 Å². The quantitative estimate of drug-likeness (QED) is 0.442. The standard InChI is InChI=1S/C25H23FN2O2S/c26-20-13-16(12-17(14-29)15-30)6-7-19(20)23-27-21-8-9-22(28-24(21)31-23)25(10-11-25)18-4-2-1-3-5-18/h1-9,13,17,29-30H,10-12,14-15H2. The molecule has 1 saturated carbocycles. The van der Waals surface area contributed by atoms with Crippen LogP contribution in [-0.2, 0) is 11.8 Å². The minimum atomic E-state index is -0.352. The first-order valence-electron chi connectivity index (χ1n) is 10.5. The van der Waals surface area contributed by atoms with Crippen LogP contribution >= 0.6 is 11.3 Å². The Morgan fingerprint density at radius 2 is 1.74 bits per heavy atom. The average Bonchev–Trinajstić information content (AvgIpc) is 3.51. The molecule has 2 N–H and O–H groups in total. The van der Waals surface area contributed by atoms with E-state index in [-0.39, 0.29) is 30.4 Å². The average molecular weight is 435 g/mol. The van der Waals surface area contributed by atoms with Gasteiger partial charge in [0.05, 0.1) is 5.69 Å². The van der Waals surface area contributed by atoms with Gasteiger partial charge in [-0.2, -0.15) is 0 Å². The van der Waals surface area contributed by atoms with Gasteiger partial charge in [-0.05, 0) is 54.7 Å². The Labute approximate surface area is 184 Å². The summed E-state index contributed by atoms with van der Waals surface area (Å²) in [5, 5.41) is 19.1. The van der Waals surface area contributed by atoms with Crippen LogP contribution in [-0.4, -0.2) is 33.4 Å². The van der Waals surface area contributed by atoms with Crippen LogP contribution in [0.3, 0.4) is 0 Å². The zero-order chi connectivity index (χ0) is 21.4. The molecule has 0 radical (unpaired) electrons. The second kappa shape index (κ2) is 8.11. The minimum absolute atomic E-state index is 0.0115. The lowest BCUT2D eigenvalue weighted by Gasteiger charge is -2.14. The van der Waals surface area contributed by atoms with Gasteiger partial charge in [-0.15, -0.1) is 0 Å². The summed E-state index contributed by atoms with van der Waals surface area (Å²) >= 11 is 1.40. The Bertz CT molecular complexity index is 1220. The molecule has 31 heavy (non-hydrogen) atoms. The van der Waals surface area contributed by atoms with Crippen LogP contribution in [0.15, 0.2) is 60.7 Å². The summed E-state index contributed by atoms with van der Waals surface area (Å²) in [6, 6.07) is 19.5. The molecule has 0 spiro atoms. The number of nitrogens with zero attached hydrogens (tertiary/aromatic N) is 2. The third-order valence-electron chi connectivity index (χ3n) is 6.13. The van der Waals surface area contributed by atoms with E-state index in [1.165, 1.54) is 23.0 Å². The van der Waals surface area contributed by atoms with Crippen molar-refractivity contribution in [2.24, 2.45) is 5.92 Å². The highest BCUT2D eigenvalue weighted by molar-refractivity contribution is 7.21. The fraction of sp³-hybridized carbons (Fsp3) is 0.280. The van der Waals surface area contributed by atoms with E-state index < -0.39 is 0 Å². The van der Waals surface area contributed by atoms with Crippen molar-refractivity contribution in [3.63, 3.8) is 0 Å². The number of fused-ring (bicyclic) bond motifs is 1. The molecule has 4 nitrogen and oxygen atoms in total. The number of pyridine rings is 1. The summed E-state index contributed by atoms with van der Waals surface area (Å²) in [5.41, 5.74) is 4.30. The summed E-state index contributed by atoms with van der Waals surface area (Å²) in [6.07, 6.45) is 2.59. The van der Waals surface area contributed by atoms with Crippen molar-refractivity contribution < 1.29 is 14.6 Å². The molecule has 0 amide bonds. The molecule has 0 saturated heterocycles. The van der Waals surface area contributed by atoms with Gasteiger partial charge in [0.25, 0.3) is 0 Å². The van der Waals surface area contributed by atoms with Gasteiger partial charge in [0, 0.05) is 30.1 Å². The summed E-state index contributed by atoms with van der Waals surface area (Å²) in [6.45, 7) is -0.258. The highest BCUT2D eigenvalue weighted by Gasteiger charge is 2.47. The number of aliphatic hydroxyl groups is 2. The van der Waals surface area contributed by atoms with Crippen molar-refractivity contribution >= 4 is 21.7 Å². The summed E-state index contributed by atoms with van der Waals surface area (Å²) in [5.74, 6) is -0.635. The van der Waals surface area contributed by atoms with Crippen LogP contribution in [0.1, 0.15) is 29.7 Å². The molecular weight excluding hydrogens is 411 g/mol. The van der Waals surface area contributed by atoms with Gasteiger partial charge < -0.3 is 10.2 Å². The maximum Gasteiger partial charge on any atom is 0.144 e. The monoisotopic (exact) mass is 434 g/mol. The fourth-order valence-electron chi connectivity index (χ4n) is 4.15. The minimum Gasteiger partial charge on any atom is -0.396 e. The van der Waals surface area contributed by atoms with Crippen LogP contribution in [0.4, 0.5) is 4.39 Å². The number of rotatable bonds is 7. The van der Waals surface area contributed by atoms with Crippen molar-refractivity contribution in [2.75, 3.05) is 13.2 Å². The van der Waals surface area contributed by atoms with Crippen LogP contribution in [0.25, 0.3) is 20.9 Å². The maximum absolute atomic E-state index is 14.8. The van der Waals surface area contributed by atoms with E-state index in [4.69, 9.17) is 4.98 Å². The molecule has 6 heteroatoms. The molecule has 5 rings (SSSR count). The van der Waals surface area contributed by atoms with Crippen LogP contribution in [0.2, 0.25) is 0 Å². The Morgan fingerprint density at radius 1 is 0.968 bits per heavy atom. The molecule has 2 heterocycles. The number of aromatic nitrogens is 2. The molecule has 4 aromatic rings. The van der Waals surface area contributed by atoms with E-state index >= 15 is 0 Å². The Hall–Kier alpha value is -2.67. The molecule has 1 aliphatic rings. The topological polar surface area (TPSA) is 66.2 Å². The third-order valence-corrected chi connectivity index (χ3v) is 7.13. The molecule has 1 fully saturated rings. The zero-order valence-corrected chi connectivity index (χ0v) is 17.8. The highest BCUT2D eigenvalue weighted by atomic mass is 32.1. The number of halogens is 1. The largest absolute Gasteiger partial charge is 0.396 e. The van der Waals surface area contributed by atoms with Gasteiger partial charge in [-0.3, -0.25) is 0 Å². The second-order valence-electron chi connectivity index (χ2n) is 8.24. The molecule has 0 atom stereocenters. The molecule has 2 aromatic carbocycles. The SMILES string of the molecule is OCC(CO)Cc1ccc(-c2nc3ccc(C4(c5ccccc5)CC4)nc3s2)c(F)c1. The van der Waals surface area contributed by atoms with Gasteiger partial charge in [0.15, 0.2) is 0 Å². The summed E-state index contributed by atoms with van der Waals surface area (Å²) < 4.78 is 14.8. The molecule has 1 aliphatic carbocycles. The first-order valence-corrected chi connectivity index (χ1v) is 11.3. The van der Waals surface area contributed by atoms with Crippen LogP contribution in [0, 0.1) is 11.7 Å². The zero-order valence-electron chi connectivity index (χ0n) is 17.0. The van der Waals surface area contributed by atoms with E-state index in [0.717, 1.165) is 34.4 Å². The number of thiazole rings is 1. The van der Waals surface area contributed by atoms with Gasteiger partial charge in [-0.1, -0.05) is 47.7 Å². The lowest BCUT2D eigenvalue weighted by molar-refractivity contribution is 0.150. The van der Waals surface area contributed by atoms with Crippen molar-refractivity contribution in [2.45, 2.75) is 24.7 Å². The molecular formula is C25H23FN2O2S.